The van der Waals surface area contributed by atoms with Gasteiger partial charge in [0.25, 0.3) is 11.7 Å². The highest BCUT2D eigenvalue weighted by atomic mass is 19.4. The SMILES string of the molecule is O=C1C(=O)N(Cc2cccc(C(F)(F)F)c2)C(c2ccncc2)/C1=C(/O)c1ccc2c(c1)OCCO2. The second-order valence-electron chi connectivity index (χ2n) is 8.26. The normalized spacial score (nSPS) is 19.0. The van der Waals surface area contributed by atoms with Crippen LogP contribution in [0.25, 0.3) is 5.76 Å². The first-order chi connectivity index (χ1) is 17.2. The van der Waals surface area contributed by atoms with E-state index in [1.165, 1.54) is 36.7 Å². The number of fused-ring (bicyclic) bond motifs is 1. The summed E-state index contributed by atoms with van der Waals surface area (Å²) >= 11 is 0. The molecule has 5 rings (SSSR count). The maximum absolute atomic E-state index is 13.2. The molecule has 0 spiro atoms. The Labute approximate surface area is 203 Å². The molecule has 184 valence electrons. The predicted molar refractivity (Wildman–Crippen MR) is 121 cm³/mol. The third-order valence-corrected chi connectivity index (χ3v) is 5.98. The number of hydrogen-bond donors (Lipinski definition) is 1. The fourth-order valence-electron chi connectivity index (χ4n) is 4.32. The van der Waals surface area contributed by atoms with Gasteiger partial charge >= 0.3 is 6.18 Å². The van der Waals surface area contributed by atoms with Crippen molar-refractivity contribution >= 4 is 17.4 Å². The van der Waals surface area contributed by atoms with Crippen LogP contribution in [0.3, 0.4) is 0 Å². The van der Waals surface area contributed by atoms with E-state index in [9.17, 15) is 27.9 Å². The molecule has 2 aliphatic heterocycles. The second-order valence-corrected chi connectivity index (χ2v) is 8.26. The molecule has 1 fully saturated rings. The van der Waals surface area contributed by atoms with Gasteiger partial charge in [0.15, 0.2) is 11.5 Å². The molecule has 0 bridgehead atoms. The van der Waals surface area contributed by atoms with Crippen LogP contribution in [0.15, 0.2) is 72.6 Å². The minimum Gasteiger partial charge on any atom is -0.507 e. The van der Waals surface area contributed by atoms with E-state index >= 15 is 0 Å². The van der Waals surface area contributed by atoms with Crippen molar-refractivity contribution in [2.75, 3.05) is 13.2 Å². The van der Waals surface area contributed by atoms with Gasteiger partial charge in [-0.1, -0.05) is 12.1 Å². The molecule has 1 aromatic heterocycles. The minimum atomic E-state index is -4.56. The predicted octanol–water partition coefficient (Wildman–Crippen LogP) is 4.49. The van der Waals surface area contributed by atoms with Crippen LogP contribution in [0.4, 0.5) is 13.2 Å². The van der Waals surface area contributed by atoms with E-state index in [1.54, 1.807) is 18.2 Å². The van der Waals surface area contributed by atoms with Crippen LogP contribution in [0.2, 0.25) is 0 Å². The van der Waals surface area contributed by atoms with Crippen LogP contribution < -0.4 is 9.47 Å². The number of carbonyl (C=O) groups is 2. The van der Waals surface area contributed by atoms with Gasteiger partial charge in [0, 0.05) is 24.5 Å². The van der Waals surface area contributed by atoms with E-state index in [0.29, 0.717) is 30.3 Å². The summed E-state index contributed by atoms with van der Waals surface area (Å²) in [5.74, 6) is -1.46. The van der Waals surface area contributed by atoms with Gasteiger partial charge in [-0.25, -0.2) is 0 Å². The largest absolute Gasteiger partial charge is 0.507 e. The number of hydrogen-bond acceptors (Lipinski definition) is 6. The van der Waals surface area contributed by atoms with Crippen molar-refractivity contribution in [3.63, 3.8) is 0 Å². The van der Waals surface area contributed by atoms with Crippen LogP contribution in [0.1, 0.15) is 28.3 Å². The molecule has 2 aliphatic rings. The Bertz CT molecular complexity index is 1370. The minimum absolute atomic E-state index is 0.185. The Morgan fingerprint density at radius 3 is 2.44 bits per heavy atom. The molecule has 1 N–H and O–H groups in total. The number of nitrogens with zero attached hydrogens (tertiary/aromatic N) is 2. The molecule has 0 aliphatic carbocycles. The first-order valence-electron chi connectivity index (χ1n) is 11.0. The standard InChI is InChI=1S/C26H19F3N2O5/c27-26(28,29)18-3-1-2-15(12-18)14-31-22(16-6-8-30-9-7-16)21(24(33)25(31)34)23(32)17-4-5-19-20(13-17)36-11-10-35-19/h1-9,12-13,22,32H,10-11,14H2/b23-21-. The maximum atomic E-state index is 13.2. The van der Waals surface area contributed by atoms with Gasteiger partial charge in [0.1, 0.15) is 19.0 Å². The molecule has 0 radical (unpaired) electrons. The highest BCUT2D eigenvalue weighted by Crippen LogP contribution is 2.42. The molecule has 1 amide bonds. The van der Waals surface area contributed by atoms with Crippen LogP contribution in [-0.2, 0) is 22.3 Å². The van der Waals surface area contributed by atoms with Gasteiger partial charge in [-0.05, 0) is 53.6 Å². The third-order valence-electron chi connectivity index (χ3n) is 5.98. The Morgan fingerprint density at radius 2 is 1.72 bits per heavy atom. The Kier molecular flexibility index (Phi) is 5.87. The molecule has 10 heteroatoms. The molecule has 7 nitrogen and oxygen atoms in total. The Hall–Kier alpha value is -4.34. The average Bonchev–Trinajstić information content (AvgIpc) is 3.13. The van der Waals surface area contributed by atoms with E-state index in [0.717, 1.165) is 17.0 Å². The first kappa shape index (κ1) is 23.4. The van der Waals surface area contributed by atoms with Crippen molar-refractivity contribution in [3.05, 3.63) is 94.8 Å². The molecule has 2 aromatic carbocycles. The average molecular weight is 496 g/mol. The van der Waals surface area contributed by atoms with E-state index in [1.807, 2.05) is 0 Å². The Morgan fingerprint density at radius 1 is 1.00 bits per heavy atom. The zero-order valence-electron chi connectivity index (χ0n) is 18.7. The highest BCUT2D eigenvalue weighted by Gasteiger charge is 2.46. The van der Waals surface area contributed by atoms with E-state index in [4.69, 9.17) is 9.47 Å². The zero-order valence-corrected chi connectivity index (χ0v) is 18.7. The van der Waals surface area contributed by atoms with Crippen LogP contribution in [0.5, 0.6) is 11.5 Å². The van der Waals surface area contributed by atoms with Crippen LogP contribution in [-0.4, -0.2) is 39.9 Å². The van der Waals surface area contributed by atoms with Gasteiger partial charge in [-0.2, -0.15) is 13.2 Å². The smallest absolute Gasteiger partial charge is 0.416 e. The highest BCUT2D eigenvalue weighted by molar-refractivity contribution is 6.46. The number of rotatable bonds is 4. The fourth-order valence-corrected chi connectivity index (χ4v) is 4.32. The monoisotopic (exact) mass is 496 g/mol. The summed E-state index contributed by atoms with van der Waals surface area (Å²) in [5.41, 5.74) is -0.168. The van der Waals surface area contributed by atoms with E-state index < -0.39 is 35.2 Å². The summed E-state index contributed by atoms with van der Waals surface area (Å²) < 4.78 is 50.8. The number of aromatic nitrogens is 1. The maximum Gasteiger partial charge on any atom is 0.416 e. The summed E-state index contributed by atoms with van der Waals surface area (Å²) in [7, 11) is 0. The molecule has 1 unspecified atom stereocenters. The molecule has 0 saturated carbocycles. The van der Waals surface area contributed by atoms with Crippen molar-refractivity contribution < 1.29 is 37.3 Å². The number of aliphatic hydroxyl groups is 1. The number of likely N-dealkylation sites (tertiary alicyclic amines) is 1. The number of Topliss-reactive ketones (excluding diaryl/α,β-unsaturated/α-hetero) is 1. The van der Waals surface area contributed by atoms with Gasteiger partial charge in [-0.3, -0.25) is 14.6 Å². The number of pyridine rings is 1. The summed E-state index contributed by atoms with van der Waals surface area (Å²) in [6, 6.07) is 11.3. The number of amides is 1. The molecular formula is C26H19F3N2O5. The number of ether oxygens (including phenoxy) is 2. The fraction of sp³-hybridized carbons (Fsp3) is 0.192. The van der Waals surface area contributed by atoms with Crippen molar-refractivity contribution in [1.29, 1.82) is 0 Å². The number of carbonyl (C=O) groups excluding carboxylic acids is 2. The number of ketones is 1. The number of benzene rings is 2. The second kappa shape index (κ2) is 9.03. The zero-order chi connectivity index (χ0) is 25.4. The molecule has 1 saturated heterocycles. The van der Waals surface area contributed by atoms with Gasteiger partial charge in [0.2, 0.25) is 0 Å². The topological polar surface area (TPSA) is 89.0 Å². The number of aliphatic hydroxyl groups excluding tert-OH is 1. The summed E-state index contributed by atoms with van der Waals surface area (Å²) in [5, 5.41) is 11.2. The third kappa shape index (κ3) is 4.26. The summed E-state index contributed by atoms with van der Waals surface area (Å²) in [6.07, 6.45) is -1.64. The van der Waals surface area contributed by atoms with Crippen molar-refractivity contribution in [3.8, 4) is 11.5 Å². The van der Waals surface area contributed by atoms with Gasteiger partial charge in [0.05, 0.1) is 17.2 Å². The molecule has 3 aromatic rings. The summed E-state index contributed by atoms with van der Waals surface area (Å²) in [4.78, 5) is 31.4. The molecule has 36 heavy (non-hydrogen) atoms. The molecule has 1 atom stereocenters. The summed E-state index contributed by atoms with van der Waals surface area (Å²) in [6.45, 7) is 0.413. The number of halogens is 3. The molecule has 3 heterocycles. The van der Waals surface area contributed by atoms with Crippen molar-refractivity contribution in [1.82, 2.24) is 9.88 Å². The lowest BCUT2D eigenvalue weighted by Crippen LogP contribution is -2.29. The Balaban J connectivity index is 1.60. The first-order valence-corrected chi connectivity index (χ1v) is 11.0. The molecular weight excluding hydrogens is 477 g/mol. The van der Waals surface area contributed by atoms with Crippen LogP contribution in [0, 0.1) is 0 Å². The van der Waals surface area contributed by atoms with E-state index in [2.05, 4.69) is 4.98 Å². The van der Waals surface area contributed by atoms with Crippen molar-refractivity contribution in [2.45, 2.75) is 18.8 Å². The lowest BCUT2D eigenvalue weighted by molar-refractivity contribution is -0.140. The van der Waals surface area contributed by atoms with Crippen LogP contribution >= 0.6 is 0 Å². The number of alkyl halides is 3. The van der Waals surface area contributed by atoms with Crippen molar-refractivity contribution in [2.24, 2.45) is 0 Å². The quantitative estimate of drug-likeness (QED) is 0.325. The van der Waals surface area contributed by atoms with E-state index in [-0.39, 0.29) is 23.2 Å². The lowest BCUT2D eigenvalue weighted by Gasteiger charge is -2.25. The van der Waals surface area contributed by atoms with Gasteiger partial charge < -0.3 is 19.5 Å². The van der Waals surface area contributed by atoms with Gasteiger partial charge in [-0.15, -0.1) is 0 Å². The lowest BCUT2D eigenvalue weighted by atomic mass is 9.95.